The highest BCUT2D eigenvalue weighted by molar-refractivity contribution is 7.20. The maximum atomic E-state index is 9.28. The van der Waals surface area contributed by atoms with Crippen molar-refractivity contribution in [2.45, 2.75) is 19.6 Å². The van der Waals surface area contributed by atoms with Gasteiger partial charge in [-0.15, -0.1) is 11.3 Å². The van der Waals surface area contributed by atoms with Crippen LogP contribution in [0.3, 0.4) is 0 Å². The lowest BCUT2D eigenvalue weighted by Crippen LogP contribution is -2.08. The van der Waals surface area contributed by atoms with E-state index in [1.807, 2.05) is 37.3 Å². The molecule has 2 N–H and O–H groups in total. The Bertz CT molecular complexity index is 542. The molecule has 2 rings (SSSR count). The summed E-state index contributed by atoms with van der Waals surface area (Å²) in [4.78, 5) is 0. The van der Waals surface area contributed by atoms with Crippen LogP contribution in [0, 0.1) is 0 Å². The van der Waals surface area contributed by atoms with Crippen LogP contribution < -0.4 is 5.32 Å². The van der Waals surface area contributed by atoms with E-state index in [1.54, 1.807) is 0 Å². The molecule has 0 aliphatic rings. The summed E-state index contributed by atoms with van der Waals surface area (Å²) in [7, 11) is 0. The van der Waals surface area contributed by atoms with Gasteiger partial charge in [0.25, 0.3) is 0 Å². The predicted molar refractivity (Wildman–Crippen MR) is 78.7 cm³/mol. The van der Waals surface area contributed by atoms with E-state index in [4.69, 9.17) is 23.2 Å². The van der Waals surface area contributed by atoms with Crippen molar-refractivity contribution in [2.24, 2.45) is 0 Å². The monoisotopic (exact) mass is 301 g/mol. The van der Waals surface area contributed by atoms with Crippen LogP contribution in [0.4, 0.5) is 5.69 Å². The number of anilines is 1. The fourth-order valence-corrected chi connectivity index (χ4v) is 3.40. The summed E-state index contributed by atoms with van der Waals surface area (Å²) in [5.74, 6) is 0. The average Bonchev–Trinajstić information content (AvgIpc) is 2.69. The molecule has 0 aliphatic heterocycles. The standard InChI is InChI=1S/C13H13Cl2NOS/c1-8(10-6-12(14)18-13(10)15)16-11-5-3-2-4-9(11)7-17/h2-6,8,16-17H,7H2,1H3. The molecular weight excluding hydrogens is 289 g/mol. The van der Waals surface area contributed by atoms with Gasteiger partial charge in [0.15, 0.2) is 0 Å². The summed E-state index contributed by atoms with van der Waals surface area (Å²) >= 11 is 13.4. The molecule has 0 saturated carbocycles. The van der Waals surface area contributed by atoms with Crippen molar-refractivity contribution in [1.29, 1.82) is 0 Å². The minimum Gasteiger partial charge on any atom is -0.392 e. The molecule has 1 aromatic carbocycles. The number of benzene rings is 1. The molecule has 1 aromatic heterocycles. The third kappa shape index (κ3) is 2.98. The number of thiophene rings is 1. The first-order valence-electron chi connectivity index (χ1n) is 5.52. The van der Waals surface area contributed by atoms with Gasteiger partial charge in [-0.1, -0.05) is 41.4 Å². The molecule has 0 fully saturated rings. The molecule has 0 bridgehead atoms. The highest BCUT2D eigenvalue weighted by Gasteiger charge is 2.14. The van der Waals surface area contributed by atoms with Crippen LogP contribution in [-0.4, -0.2) is 5.11 Å². The Morgan fingerprint density at radius 3 is 2.67 bits per heavy atom. The zero-order chi connectivity index (χ0) is 13.1. The maximum Gasteiger partial charge on any atom is 0.0996 e. The first-order valence-corrected chi connectivity index (χ1v) is 7.09. The Hall–Kier alpha value is -0.740. The Morgan fingerprint density at radius 1 is 1.33 bits per heavy atom. The Morgan fingerprint density at radius 2 is 2.06 bits per heavy atom. The topological polar surface area (TPSA) is 32.3 Å². The smallest absolute Gasteiger partial charge is 0.0996 e. The molecule has 96 valence electrons. The molecule has 0 saturated heterocycles. The van der Waals surface area contributed by atoms with Crippen molar-refractivity contribution >= 4 is 40.2 Å². The van der Waals surface area contributed by atoms with E-state index in [-0.39, 0.29) is 12.6 Å². The number of hydrogen-bond acceptors (Lipinski definition) is 3. The van der Waals surface area contributed by atoms with Crippen molar-refractivity contribution in [3.05, 3.63) is 50.1 Å². The zero-order valence-electron chi connectivity index (χ0n) is 9.78. The second-order valence-electron chi connectivity index (χ2n) is 3.96. The van der Waals surface area contributed by atoms with Gasteiger partial charge < -0.3 is 10.4 Å². The number of halogens is 2. The highest BCUT2D eigenvalue weighted by Crippen LogP contribution is 2.36. The van der Waals surface area contributed by atoms with Gasteiger partial charge in [0.05, 0.1) is 21.3 Å². The van der Waals surface area contributed by atoms with E-state index < -0.39 is 0 Å². The molecule has 2 nitrogen and oxygen atoms in total. The fraction of sp³-hybridized carbons (Fsp3) is 0.231. The van der Waals surface area contributed by atoms with E-state index in [1.165, 1.54) is 11.3 Å². The van der Waals surface area contributed by atoms with Crippen LogP contribution in [-0.2, 0) is 6.61 Å². The van der Waals surface area contributed by atoms with Crippen molar-refractivity contribution in [3.63, 3.8) is 0 Å². The molecule has 0 amide bonds. The van der Waals surface area contributed by atoms with Crippen molar-refractivity contribution in [2.75, 3.05) is 5.32 Å². The summed E-state index contributed by atoms with van der Waals surface area (Å²) < 4.78 is 1.38. The Labute approximate surface area is 120 Å². The van der Waals surface area contributed by atoms with E-state index in [0.717, 1.165) is 16.8 Å². The quantitative estimate of drug-likeness (QED) is 0.856. The number of rotatable bonds is 4. The van der Waals surface area contributed by atoms with Crippen molar-refractivity contribution in [1.82, 2.24) is 0 Å². The Kier molecular flexibility index (Phi) is 4.51. The number of nitrogens with one attached hydrogen (secondary N) is 1. The number of hydrogen-bond donors (Lipinski definition) is 2. The predicted octanol–water partition coefficient (Wildman–Crippen LogP) is 4.72. The second kappa shape index (κ2) is 5.93. The lowest BCUT2D eigenvalue weighted by Gasteiger charge is -2.17. The lowest BCUT2D eigenvalue weighted by molar-refractivity contribution is 0.282. The van der Waals surface area contributed by atoms with Gasteiger partial charge >= 0.3 is 0 Å². The van der Waals surface area contributed by atoms with E-state index in [9.17, 15) is 5.11 Å². The van der Waals surface area contributed by atoms with Crippen LogP contribution in [0.5, 0.6) is 0 Å². The molecule has 5 heteroatoms. The number of aliphatic hydroxyl groups is 1. The lowest BCUT2D eigenvalue weighted by atomic mass is 10.1. The van der Waals surface area contributed by atoms with Crippen molar-refractivity contribution < 1.29 is 5.11 Å². The maximum absolute atomic E-state index is 9.28. The van der Waals surface area contributed by atoms with Gasteiger partial charge in [0.1, 0.15) is 0 Å². The van der Waals surface area contributed by atoms with E-state index in [0.29, 0.717) is 8.67 Å². The fourth-order valence-electron chi connectivity index (χ4n) is 1.76. The third-order valence-corrected chi connectivity index (χ3v) is 4.23. The van der Waals surface area contributed by atoms with Gasteiger partial charge in [-0.05, 0) is 19.1 Å². The summed E-state index contributed by atoms with van der Waals surface area (Å²) in [5, 5.41) is 12.6. The summed E-state index contributed by atoms with van der Waals surface area (Å²) in [6.45, 7) is 2.02. The summed E-state index contributed by atoms with van der Waals surface area (Å²) in [6, 6.07) is 9.55. The van der Waals surface area contributed by atoms with Crippen LogP contribution in [0.1, 0.15) is 24.1 Å². The average molecular weight is 302 g/mol. The second-order valence-corrected chi connectivity index (χ2v) is 6.25. The van der Waals surface area contributed by atoms with Gasteiger partial charge in [-0.3, -0.25) is 0 Å². The van der Waals surface area contributed by atoms with Crippen LogP contribution in [0.25, 0.3) is 0 Å². The molecular formula is C13H13Cl2NOS. The Balaban J connectivity index is 2.21. The third-order valence-electron chi connectivity index (χ3n) is 2.71. The zero-order valence-corrected chi connectivity index (χ0v) is 12.1. The van der Waals surface area contributed by atoms with E-state index in [2.05, 4.69) is 5.32 Å². The van der Waals surface area contributed by atoms with Crippen LogP contribution >= 0.6 is 34.5 Å². The molecule has 18 heavy (non-hydrogen) atoms. The molecule has 1 heterocycles. The van der Waals surface area contributed by atoms with Gasteiger partial charge in [-0.25, -0.2) is 0 Å². The van der Waals surface area contributed by atoms with Gasteiger partial charge in [-0.2, -0.15) is 0 Å². The van der Waals surface area contributed by atoms with Crippen molar-refractivity contribution in [3.8, 4) is 0 Å². The molecule has 0 aliphatic carbocycles. The first kappa shape index (κ1) is 13.7. The molecule has 1 unspecified atom stereocenters. The largest absolute Gasteiger partial charge is 0.392 e. The van der Waals surface area contributed by atoms with Crippen LogP contribution in [0.2, 0.25) is 8.67 Å². The first-order chi connectivity index (χ1) is 8.61. The summed E-state index contributed by atoms with van der Waals surface area (Å²) in [5.41, 5.74) is 2.74. The van der Waals surface area contributed by atoms with Gasteiger partial charge in [0.2, 0.25) is 0 Å². The summed E-state index contributed by atoms with van der Waals surface area (Å²) in [6.07, 6.45) is 0. The normalized spacial score (nSPS) is 12.4. The molecule has 0 spiro atoms. The molecule has 2 aromatic rings. The molecule has 0 radical (unpaired) electrons. The minimum absolute atomic E-state index is 0.00795. The number of aliphatic hydroxyl groups excluding tert-OH is 1. The van der Waals surface area contributed by atoms with Gasteiger partial charge in [0, 0.05) is 16.8 Å². The van der Waals surface area contributed by atoms with Crippen LogP contribution in [0.15, 0.2) is 30.3 Å². The number of para-hydroxylation sites is 1. The minimum atomic E-state index is 0.00795. The molecule has 1 atom stereocenters. The van der Waals surface area contributed by atoms with E-state index >= 15 is 0 Å². The highest BCUT2D eigenvalue weighted by atomic mass is 35.5. The SMILES string of the molecule is CC(Nc1ccccc1CO)c1cc(Cl)sc1Cl.